The lowest BCUT2D eigenvalue weighted by Crippen LogP contribution is -2.42. The molecule has 1 saturated heterocycles. The van der Waals surface area contributed by atoms with Crippen molar-refractivity contribution in [2.45, 2.75) is 32.9 Å². The monoisotopic (exact) mass is 300 g/mol. The van der Waals surface area contributed by atoms with Crippen LogP contribution in [0.3, 0.4) is 0 Å². The zero-order valence-electron chi connectivity index (χ0n) is 13.5. The Bertz CT molecular complexity index is 555. The molecule has 1 aliphatic heterocycles. The lowest BCUT2D eigenvalue weighted by Gasteiger charge is -2.26. The Morgan fingerprint density at radius 3 is 2.55 bits per heavy atom. The molecule has 0 spiro atoms. The Kier molecular flexibility index (Phi) is 5.01. The summed E-state index contributed by atoms with van der Waals surface area (Å²) in [5.74, 6) is -0.215. The summed E-state index contributed by atoms with van der Waals surface area (Å²) in [7, 11) is 0. The molecule has 1 aromatic rings. The van der Waals surface area contributed by atoms with E-state index in [0.29, 0.717) is 6.54 Å². The molecule has 4 nitrogen and oxygen atoms in total. The predicted octanol–water partition coefficient (Wildman–Crippen LogP) is 2.53. The number of nitrogens with zero attached hydrogens (tertiary/aromatic N) is 1. The highest BCUT2D eigenvalue weighted by atomic mass is 16.2. The van der Waals surface area contributed by atoms with Gasteiger partial charge in [-0.1, -0.05) is 36.4 Å². The first kappa shape index (κ1) is 16.3. The first-order chi connectivity index (χ1) is 10.5. The topological polar surface area (TPSA) is 49.4 Å². The van der Waals surface area contributed by atoms with E-state index in [1.54, 1.807) is 0 Å². The van der Waals surface area contributed by atoms with Crippen LogP contribution in [0.25, 0.3) is 0 Å². The SMILES string of the molecule is C=C[C@H]1CN([C@H](C)c2ccccc2)C(=O)[C@@H]1[C@@H](C)NC(C)=O. The minimum absolute atomic E-state index is 0.0191. The van der Waals surface area contributed by atoms with Gasteiger partial charge in [0.05, 0.1) is 12.0 Å². The molecule has 4 heteroatoms. The molecule has 0 bridgehead atoms. The molecule has 0 radical (unpaired) electrons. The highest BCUT2D eigenvalue weighted by Crippen LogP contribution is 2.34. The smallest absolute Gasteiger partial charge is 0.228 e. The number of likely N-dealkylation sites (tertiary alicyclic amines) is 1. The normalized spacial score (nSPS) is 24.0. The van der Waals surface area contributed by atoms with Gasteiger partial charge in [0.25, 0.3) is 0 Å². The molecule has 1 aliphatic rings. The predicted molar refractivity (Wildman–Crippen MR) is 87.0 cm³/mol. The third kappa shape index (κ3) is 3.21. The molecular formula is C18H24N2O2. The maximum absolute atomic E-state index is 12.8. The van der Waals surface area contributed by atoms with Crippen LogP contribution in [-0.2, 0) is 9.59 Å². The van der Waals surface area contributed by atoms with Crippen LogP contribution in [0, 0.1) is 11.8 Å². The number of hydrogen-bond donors (Lipinski definition) is 1. The Morgan fingerprint density at radius 1 is 1.36 bits per heavy atom. The van der Waals surface area contributed by atoms with Gasteiger partial charge in [-0.3, -0.25) is 9.59 Å². The van der Waals surface area contributed by atoms with E-state index >= 15 is 0 Å². The lowest BCUT2D eigenvalue weighted by atomic mass is 9.89. The number of benzene rings is 1. The molecule has 1 fully saturated rings. The van der Waals surface area contributed by atoms with Gasteiger partial charge in [0.2, 0.25) is 11.8 Å². The molecule has 1 aromatic carbocycles. The van der Waals surface area contributed by atoms with Crippen LogP contribution < -0.4 is 5.32 Å². The summed E-state index contributed by atoms with van der Waals surface area (Å²) in [6.45, 7) is 9.91. The average Bonchev–Trinajstić information content (AvgIpc) is 2.83. The summed E-state index contributed by atoms with van der Waals surface area (Å²) in [6.07, 6.45) is 1.83. The van der Waals surface area contributed by atoms with Crippen LogP contribution >= 0.6 is 0 Å². The highest BCUT2D eigenvalue weighted by Gasteiger charge is 2.43. The molecule has 4 atom stereocenters. The highest BCUT2D eigenvalue weighted by molar-refractivity contribution is 5.84. The van der Waals surface area contributed by atoms with E-state index in [1.807, 2.05) is 55.2 Å². The van der Waals surface area contributed by atoms with Crippen molar-refractivity contribution in [3.8, 4) is 0 Å². The van der Waals surface area contributed by atoms with E-state index in [-0.39, 0.29) is 35.7 Å². The Labute approximate surface area is 132 Å². The van der Waals surface area contributed by atoms with Crippen molar-refractivity contribution in [1.29, 1.82) is 0 Å². The number of amides is 2. The van der Waals surface area contributed by atoms with E-state index in [2.05, 4.69) is 11.9 Å². The summed E-state index contributed by atoms with van der Waals surface area (Å²) < 4.78 is 0. The lowest BCUT2D eigenvalue weighted by molar-refractivity contribution is -0.133. The second-order valence-corrected chi connectivity index (χ2v) is 5.99. The molecule has 22 heavy (non-hydrogen) atoms. The Hall–Kier alpha value is -2.10. The molecule has 2 rings (SSSR count). The maximum atomic E-state index is 12.8. The second-order valence-electron chi connectivity index (χ2n) is 5.99. The van der Waals surface area contributed by atoms with Gasteiger partial charge in [0.1, 0.15) is 0 Å². The molecule has 0 aliphatic carbocycles. The molecule has 0 unspecified atom stereocenters. The summed E-state index contributed by atoms with van der Waals surface area (Å²) in [5, 5.41) is 2.84. The van der Waals surface area contributed by atoms with E-state index in [1.165, 1.54) is 6.92 Å². The van der Waals surface area contributed by atoms with Gasteiger partial charge >= 0.3 is 0 Å². The minimum atomic E-state index is -0.243. The molecule has 2 amide bonds. The van der Waals surface area contributed by atoms with Gasteiger partial charge in [0.15, 0.2) is 0 Å². The largest absolute Gasteiger partial charge is 0.353 e. The maximum Gasteiger partial charge on any atom is 0.228 e. The molecule has 1 heterocycles. The van der Waals surface area contributed by atoms with Crippen LogP contribution in [-0.4, -0.2) is 29.3 Å². The summed E-state index contributed by atoms with van der Waals surface area (Å²) in [4.78, 5) is 26.0. The van der Waals surface area contributed by atoms with Crippen LogP contribution in [0.5, 0.6) is 0 Å². The fourth-order valence-corrected chi connectivity index (χ4v) is 3.28. The van der Waals surface area contributed by atoms with Gasteiger partial charge in [0, 0.05) is 25.4 Å². The van der Waals surface area contributed by atoms with Gasteiger partial charge in [-0.15, -0.1) is 6.58 Å². The first-order valence-electron chi connectivity index (χ1n) is 7.70. The van der Waals surface area contributed by atoms with Crippen LogP contribution in [0.2, 0.25) is 0 Å². The van der Waals surface area contributed by atoms with Crippen molar-refractivity contribution >= 4 is 11.8 Å². The van der Waals surface area contributed by atoms with Crippen molar-refractivity contribution in [2.24, 2.45) is 11.8 Å². The van der Waals surface area contributed by atoms with Crippen molar-refractivity contribution in [3.63, 3.8) is 0 Å². The third-order valence-corrected chi connectivity index (χ3v) is 4.46. The molecule has 1 N–H and O–H groups in total. The van der Waals surface area contributed by atoms with Crippen molar-refractivity contribution in [1.82, 2.24) is 10.2 Å². The zero-order chi connectivity index (χ0) is 16.3. The summed E-state index contributed by atoms with van der Waals surface area (Å²) in [5.41, 5.74) is 1.12. The molecule has 0 aromatic heterocycles. The van der Waals surface area contributed by atoms with Gasteiger partial charge < -0.3 is 10.2 Å². The molecular weight excluding hydrogens is 276 g/mol. The van der Waals surface area contributed by atoms with Crippen LogP contribution in [0.15, 0.2) is 43.0 Å². The number of carbonyl (C=O) groups excluding carboxylic acids is 2. The first-order valence-corrected chi connectivity index (χ1v) is 7.70. The summed E-state index contributed by atoms with van der Waals surface area (Å²) >= 11 is 0. The fraction of sp³-hybridized carbons (Fsp3) is 0.444. The van der Waals surface area contributed by atoms with E-state index < -0.39 is 0 Å². The van der Waals surface area contributed by atoms with Gasteiger partial charge in [-0.2, -0.15) is 0 Å². The molecule has 0 saturated carbocycles. The van der Waals surface area contributed by atoms with E-state index in [0.717, 1.165) is 5.56 Å². The van der Waals surface area contributed by atoms with Gasteiger partial charge in [-0.05, 0) is 19.4 Å². The minimum Gasteiger partial charge on any atom is -0.353 e. The number of carbonyl (C=O) groups is 2. The number of nitrogens with one attached hydrogen (secondary N) is 1. The number of hydrogen-bond acceptors (Lipinski definition) is 2. The fourth-order valence-electron chi connectivity index (χ4n) is 3.28. The Morgan fingerprint density at radius 2 is 2.00 bits per heavy atom. The third-order valence-electron chi connectivity index (χ3n) is 4.46. The standard InChI is InChI=1S/C18H24N2O2/c1-5-15-11-20(13(3)16-9-7-6-8-10-16)18(22)17(15)12(2)19-14(4)21/h5-10,12-13,15,17H,1,11H2,2-4H3,(H,19,21)/t12-,13-,15+,17-/m1/s1. The van der Waals surface area contributed by atoms with Crippen molar-refractivity contribution in [3.05, 3.63) is 48.6 Å². The van der Waals surface area contributed by atoms with Crippen molar-refractivity contribution < 1.29 is 9.59 Å². The quantitative estimate of drug-likeness (QED) is 0.850. The summed E-state index contributed by atoms with van der Waals surface area (Å²) in [6, 6.07) is 9.82. The van der Waals surface area contributed by atoms with E-state index in [4.69, 9.17) is 0 Å². The Balaban J connectivity index is 2.20. The second kappa shape index (κ2) is 6.77. The van der Waals surface area contributed by atoms with Crippen molar-refractivity contribution in [2.75, 3.05) is 6.54 Å². The average molecular weight is 300 g/mol. The zero-order valence-corrected chi connectivity index (χ0v) is 13.5. The van der Waals surface area contributed by atoms with Gasteiger partial charge in [-0.25, -0.2) is 0 Å². The number of rotatable bonds is 5. The van der Waals surface area contributed by atoms with Crippen LogP contribution in [0.4, 0.5) is 0 Å². The molecule has 118 valence electrons. The van der Waals surface area contributed by atoms with E-state index in [9.17, 15) is 9.59 Å². The van der Waals surface area contributed by atoms with Crippen LogP contribution in [0.1, 0.15) is 32.4 Å².